The van der Waals surface area contributed by atoms with Crippen molar-refractivity contribution in [3.8, 4) is 0 Å². The molecule has 3 N–H and O–H groups in total. The van der Waals surface area contributed by atoms with Crippen molar-refractivity contribution in [2.24, 2.45) is 0 Å². The number of hydrogen-bond donors (Lipinski definition) is 3. The van der Waals surface area contributed by atoms with E-state index in [9.17, 15) is 9.59 Å². The molecule has 0 saturated carbocycles. The summed E-state index contributed by atoms with van der Waals surface area (Å²) in [6.07, 6.45) is 0.768. The Balaban J connectivity index is 2.29. The average Bonchev–Trinajstić information content (AvgIpc) is 2.74. The molecule has 0 radical (unpaired) electrons. The van der Waals surface area contributed by atoms with E-state index >= 15 is 0 Å². The van der Waals surface area contributed by atoms with Crippen molar-refractivity contribution in [2.75, 3.05) is 19.0 Å². The van der Waals surface area contributed by atoms with Crippen LogP contribution in [0.2, 0.25) is 0 Å². The Morgan fingerprint density at radius 3 is 2.80 bits per heavy atom. The molecule has 0 atom stereocenters. The molecule has 0 spiro atoms. The van der Waals surface area contributed by atoms with E-state index in [2.05, 4.69) is 16.0 Å². The summed E-state index contributed by atoms with van der Waals surface area (Å²) < 4.78 is 4.84. The van der Waals surface area contributed by atoms with Gasteiger partial charge in [0, 0.05) is 17.5 Å². The van der Waals surface area contributed by atoms with Gasteiger partial charge in [-0.25, -0.2) is 9.59 Å². The monoisotopic (exact) mass is 297 g/mol. The summed E-state index contributed by atoms with van der Waals surface area (Å²) in [6, 6.07) is -0.274. The van der Waals surface area contributed by atoms with Crippen LogP contribution < -0.4 is 16.0 Å². The zero-order valence-corrected chi connectivity index (χ0v) is 12.6. The summed E-state index contributed by atoms with van der Waals surface area (Å²) in [5.74, 6) is -0.399. The first-order valence-electron chi connectivity index (χ1n) is 6.54. The maximum Gasteiger partial charge on any atom is 0.341 e. The highest BCUT2D eigenvalue weighted by Gasteiger charge is 2.26. The van der Waals surface area contributed by atoms with Gasteiger partial charge < -0.3 is 15.4 Å². The molecule has 2 amide bonds. The van der Waals surface area contributed by atoms with Crippen molar-refractivity contribution in [3.63, 3.8) is 0 Å². The third-order valence-corrected chi connectivity index (χ3v) is 4.11. The van der Waals surface area contributed by atoms with Crippen LogP contribution in [0.3, 0.4) is 0 Å². The molecule has 0 fully saturated rings. The Kier molecular flexibility index (Phi) is 4.61. The summed E-state index contributed by atoms with van der Waals surface area (Å²) in [5, 5.41) is 9.31. The minimum absolute atomic E-state index is 0.0350. The van der Waals surface area contributed by atoms with Crippen molar-refractivity contribution in [3.05, 3.63) is 16.0 Å². The molecule has 2 heterocycles. The molecule has 7 heteroatoms. The third kappa shape index (κ3) is 3.10. The largest absolute Gasteiger partial charge is 0.465 e. The molecule has 2 rings (SSSR count). The molecular weight excluding hydrogens is 278 g/mol. The van der Waals surface area contributed by atoms with E-state index in [1.54, 1.807) is 0 Å². The number of ether oxygens (including phenoxy) is 1. The van der Waals surface area contributed by atoms with E-state index in [1.165, 1.54) is 18.4 Å². The Bertz CT molecular complexity index is 525. The number of nitrogens with one attached hydrogen (secondary N) is 3. The number of hydrogen-bond acceptors (Lipinski definition) is 5. The topological polar surface area (TPSA) is 79.5 Å². The van der Waals surface area contributed by atoms with E-state index in [0.717, 1.165) is 30.0 Å². The highest BCUT2D eigenvalue weighted by molar-refractivity contribution is 7.17. The Hall–Kier alpha value is -1.60. The smallest absolute Gasteiger partial charge is 0.341 e. The van der Waals surface area contributed by atoms with E-state index < -0.39 is 5.97 Å². The molecular formula is C13H19N3O3S. The number of carbonyl (C=O) groups is 2. The molecule has 1 aliphatic heterocycles. The molecule has 0 bridgehead atoms. The number of anilines is 1. The fourth-order valence-electron chi connectivity index (χ4n) is 2.14. The summed E-state index contributed by atoms with van der Waals surface area (Å²) in [5.41, 5.74) is 1.48. The van der Waals surface area contributed by atoms with Gasteiger partial charge in [-0.1, -0.05) is 0 Å². The predicted octanol–water partition coefficient (Wildman–Crippen LogP) is 1.71. The molecule has 20 heavy (non-hydrogen) atoms. The summed E-state index contributed by atoms with van der Waals surface area (Å²) >= 11 is 1.43. The number of rotatable bonds is 3. The number of fused-ring (bicyclic) bond motifs is 1. The zero-order valence-electron chi connectivity index (χ0n) is 11.8. The number of carbonyl (C=O) groups excluding carboxylic acids is 2. The van der Waals surface area contributed by atoms with Crippen LogP contribution in [0.1, 0.15) is 34.6 Å². The molecule has 0 saturated heterocycles. The maximum atomic E-state index is 12.0. The molecule has 110 valence electrons. The summed E-state index contributed by atoms with van der Waals surface area (Å²) in [6.45, 7) is 5.30. The number of thiophene rings is 1. The quantitative estimate of drug-likeness (QED) is 0.742. The molecule has 0 unspecified atom stereocenters. The van der Waals surface area contributed by atoms with Gasteiger partial charge in [-0.05, 0) is 32.4 Å². The fourth-order valence-corrected chi connectivity index (χ4v) is 3.34. The van der Waals surface area contributed by atoms with Crippen molar-refractivity contribution < 1.29 is 14.3 Å². The number of urea groups is 1. The SMILES string of the molecule is COC(=O)c1c(NC(=O)NC(C)C)sc2c1CCNC2. The lowest BCUT2D eigenvalue weighted by molar-refractivity contribution is 0.0601. The van der Waals surface area contributed by atoms with Crippen LogP contribution in [0.4, 0.5) is 9.80 Å². The average molecular weight is 297 g/mol. The number of esters is 1. The minimum atomic E-state index is -0.399. The van der Waals surface area contributed by atoms with Crippen LogP contribution >= 0.6 is 11.3 Å². The van der Waals surface area contributed by atoms with E-state index in [4.69, 9.17) is 4.74 Å². The lowest BCUT2D eigenvalue weighted by Gasteiger charge is -2.13. The number of amides is 2. The van der Waals surface area contributed by atoms with Crippen molar-refractivity contribution in [1.82, 2.24) is 10.6 Å². The summed E-state index contributed by atoms with van der Waals surface area (Å²) in [4.78, 5) is 24.9. The van der Waals surface area contributed by atoms with E-state index in [1.807, 2.05) is 13.8 Å². The van der Waals surface area contributed by atoms with Crippen LogP contribution in [-0.4, -0.2) is 31.7 Å². The van der Waals surface area contributed by atoms with Crippen LogP contribution in [0, 0.1) is 0 Å². The fraction of sp³-hybridized carbons (Fsp3) is 0.538. The Labute approximate surface area is 121 Å². The molecule has 6 nitrogen and oxygen atoms in total. The highest BCUT2D eigenvalue weighted by Crippen LogP contribution is 2.35. The van der Waals surface area contributed by atoms with Gasteiger partial charge in [-0.2, -0.15) is 0 Å². The van der Waals surface area contributed by atoms with Gasteiger partial charge in [0.2, 0.25) is 0 Å². The van der Waals surface area contributed by atoms with Crippen LogP contribution in [0.5, 0.6) is 0 Å². The molecule has 1 aromatic rings. The standard InChI is InChI=1S/C13H19N3O3S/c1-7(2)15-13(18)16-11-10(12(17)19-3)8-4-5-14-6-9(8)20-11/h7,14H,4-6H2,1-3H3,(H2,15,16,18). The maximum absolute atomic E-state index is 12.0. The van der Waals surface area contributed by atoms with Crippen molar-refractivity contribution >= 4 is 28.3 Å². The third-order valence-electron chi connectivity index (χ3n) is 2.96. The highest BCUT2D eigenvalue weighted by atomic mass is 32.1. The van der Waals surface area contributed by atoms with E-state index in [0.29, 0.717) is 10.6 Å². The van der Waals surface area contributed by atoms with E-state index in [-0.39, 0.29) is 12.1 Å². The van der Waals surface area contributed by atoms with Gasteiger partial charge in [-0.3, -0.25) is 5.32 Å². The van der Waals surface area contributed by atoms with Gasteiger partial charge in [0.1, 0.15) is 5.00 Å². The van der Waals surface area contributed by atoms with Crippen molar-refractivity contribution in [2.45, 2.75) is 32.9 Å². The minimum Gasteiger partial charge on any atom is -0.465 e. The van der Waals surface area contributed by atoms with Crippen LogP contribution in [-0.2, 0) is 17.7 Å². The molecule has 0 aliphatic carbocycles. The molecule has 1 aliphatic rings. The Morgan fingerprint density at radius 1 is 1.40 bits per heavy atom. The summed E-state index contributed by atoms with van der Waals surface area (Å²) in [7, 11) is 1.35. The van der Waals surface area contributed by atoms with Gasteiger partial charge in [0.05, 0.1) is 12.7 Å². The second-order valence-electron chi connectivity index (χ2n) is 4.88. The van der Waals surface area contributed by atoms with Crippen LogP contribution in [0.25, 0.3) is 0 Å². The second kappa shape index (κ2) is 6.23. The first-order chi connectivity index (χ1) is 9.52. The van der Waals surface area contributed by atoms with Gasteiger partial charge in [0.25, 0.3) is 0 Å². The molecule has 0 aromatic carbocycles. The lowest BCUT2D eigenvalue weighted by Crippen LogP contribution is -2.34. The lowest BCUT2D eigenvalue weighted by atomic mass is 10.0. The second-order valence-corrected chi connectivity index (χ2v) is 5.98. The van der Waals surface area contributed by atoms with Gasteiger partial charge in [0.15, 0.2) is 0 Å². The normalized spacial score (nSPS) is 13.8. The van der Waals surface area contributed by atoms with Gasteiger partial charge >= 0.3 is 12.0 Å². The Morgan fingerprint density at radius 2 is 2.15 bits per heavy atom. The zero-order chi connectivity index (χ0) is 14.7. The predicted molar refractivity (Wildman–Crippen MR) is 78.4 cm³/mol. The number of methoxy groups -OCH3 is 1. The first-order valence-corrected chi connectivity index (χ1v) is 7.35. The first kappa shape index (κ1) is 14.8. The van der Waals surface area contributed by atoms with Crippen LogP contribution in [0.15, 0.2) is 0 Å². The van der Waals surface area contributed by atoms with Crippen molar-refractivity contribution in [1.29, 1.82) is 0 Å². The molecule has 1 aromatic heterocycles. The van der Waals surface area contributed by atoms with Gasteiger partial charge in [-0.15, -0.1) is 11.3 Å².